The molecule has 1 aromatic carbocycles. The minimum absolute atomic E-state index is 0.0347. The van der Waals surface area contributed by atoms with E-state index in [0.29, 0.717) is 11.8 Å². The number of phenols is 1. The van der Waals surface area contributed by atoms with Crippen LogP contribution in [0.4, 0.5) is 0 Å². The molecule has 14 heavy (non-hydrogen) atoms. The van der Waals surface area contributed by atoms with Gasteiger partial charge in [0.25, 0.3) is 0 Å². The van der Waals surface area contributed by atoms with E-state index in [2.05, 4.69) is 0 Å². The molecule has 0 bridgehead atoms. The van der Waals surface area contributed by atoms with Crippen LogP contribution in [-0.4, -0.2) is 36.8 Å². The van der Waals surface area contributed by atoms with Crippen LogP contribution >= 0.6 is 0 Å². The van der Waals surface area contributed by atoms with E-state index in [9.17, 15) is 9.59 Å². The van der Waals surface area contributed by atoms with Gasteiger partial charge in [0.2, 0.25) is 6.41 Å². The Morgan fingerprint density at radius 2 is 1.71 bits per heavy atom. The van der Waals surface area contributed by atoms with Crippen molar-refractivity contribution in [3.63, 3.8) is 0 Å². The molecule has 1 aromatic rings. The van der Waals surface area contributed by atoms with E-state index in [1.807, 2.05) is 0 Å². The highest BCUT2D eigenvalue weighted by atomic mass is 16.3. The average Bonchev–Trinajstić information content (AvgIpc) is 2.19. The lowest BCUT2D eigenvalue weighted by Crippen LogP contribution is -2.06. The van der Waals surface area contributed by atoms with Gasteiger partial charge in [-0.05, 0) is 12.1 Å². The SMILES string of the molecule is CN(C)C=O.O=Cc1ccccc1O. The first-order chi connectivity index (χ1) is 6.61. The van der Waals surface area contributed by atoms with Crippen molar-refractivity contribution < 1.29 is 14.7 Å². The number of carbonyl (C=O) groups is 2. The maximum atomic E-state index is 10.1. The van der Waals surface area contributed by atoms with Crippen molar-refractivity contribution in [2.75, 3.05) is 14.1 Å². The summed E-state index contributed by atoms with van der Waals surface area (Å²) in [5.41, 5.74) is 0.331. The second-order valence-corrected chi connectivity index (χ2v) is 2.75. The van der Waals surface area contributed by atoms with Crippen LogP contribution in [0.1, 0.15) is 10.4 Å². The van der Waals surface area contributed by atoms with Gasteiger partial charge in [-0.2, -0.15) is 0 Å². The van der Waals surface area contributed by atoms with Gasteiger partial charge in [0.05, 0.1) is 5.56 Å². The minimum atomic E-state index is 0.0347. The van der Waals surface area contributed by atoms with Gasteiger partial charge in [-0.3, -0.25) is 9.59 Å². The number of benzene rings is 1. The summed E-state index contributed by atoms with van der Waals surface area (Å²) >= 11 is 0. The molecule has 76 valence electrons. The molecule has 0 fully saturated rings. The monoisotopic (exact) mass is 195 g/mol. The predicted octanol–water partition coefficient (Wildman–Crippen LogP) is 0.909. The summed E-state index contributed by atoms with van der Waals surface area (Å²) in [5, 5.41) is 8.88. The zero-order valence-corrected chi connectivity index (χ0v) is 8.18. The molecule has 0 aliphatic carbocycles. The fourth-order valence-electron chi connectivity index (χ4n) is 0.587. The first-order valence-corrected chi connectivity index (χ1v) is 3.96. The number of nitrogens with zero attached hydrogens (tertiary/aromatic N) is 1. The lowest BCUT2D eigenvalue weighted by molar-refractivity contribution is -0.115. The molecule has 0 aliphatic rings. The largest absolute Gasteiger partial charge is 0.507 e. The Bertz CT molecular complexity index is 297. The number of hydrogen-bond donors (Lipinski definition) is 1. The molecule has 0 aromatic heterocycles. The van der Waals surface area contributed by atoms with Crippen LogP contribution in [-0.2, 0) is 4.79 Å². The lowest BCUT2D eigenvalue weighted by atomic mass is 10.2. The van der Waals surface area contributed by atoms with E-state index in [4.69, 9.17) is 5.11 Å². The first-order valence-electron chi connectivity index (χ1n) is 3.96. The van der Waals surface area contributed by atoms with E-state index in [0.717, 1.165) is 6.41 Å². The van der Waals surface area contributed by atoms with E-state index >= 15 is 0 Å². The van der Waals surface area contributed by atoms with Crippen molar-refractivity contribution in [2.24, 2.45) is 0 Å². The molecule has 0 saturated carbocycles. The van der Waals surface area contributed by atoms with Crippen molar-refractivity contribution in [3.05, 3.63) is 29.8 Å². The van der Waals surface area contributed by atoms with E-state index < -0.39 is 0 Å². The van der Waals surface area contributed by atoms with Gasteiger partial charge in [0, 0.05) is 14.1 Å². The molecule has 0 saturated heterocycles. The molecule has 1 N–H and O–H groups in total. The van der Waals surface area contributed by atoms with Crippen molar-refractivity contribution in [2.45, 2.75) is 0 Å². The Balaban J connectivity index is 0.000000292. The molecule has 4 nitrogen and oxygen atoms in total. The number of aldehydes is 1. The molecule has 0 heterocycles. The number of para-hydroxylation sites is 1. The Morgan fingerprint density at radius 1 is 1.21 bits per heavy atom. The normalized spacial score (nSPS) is 8.14. The van der Waals surface area contributed by atoms with Crippen molar-refractivity contribution in [3.8, 4) is 5.75 Å². The third kappa shape index (κ3) is 4.92. The zero-order chi connectivity index (χ0) is 11.0. The predicted molar refractivity (Wildman–Crippen MR) is 53.2 cm³/mol. The highest BCUT2D eigenvalue weighted by Crippen LogP contribution is 2.11. The summed E-state index contributed by atoms with van der Waals surface area (Å²) in [5.74, 6) is 0.0347. The molecule has 0 unspecified atom stereocenters. The Hall–Kier alpha value is -1.84. The number of carbonyl (C=O) groups excluding carboxylic acids is 2. The fourth-order valence-corrected chi connectivity index (χ4v) is 0.587. The maximum Gasteiger partial charge on any atom is 0.209 e. The van der Waals surface area contributed by atoms with E-state index in [1.165, 1.54) is 11.0 Å². The second-order valence-electron chi connectivity index (χ2n) is 2.75. The van der Waals surface area contributed by atoms with Gasteiger partial charge in [0.1, 0.15) is 5.75 Å². The third-order valence-corrected chi connectivity index (χ3v) is 1.27. The third-order valence-electron chi connectivity index (χ3n) is 1.27. The molecule has 1 amide bonds. The van der Waals surface area contributed by atoms with E-state index in [-0.39, 0.29) is 5.75 Å². The molecule has 0 spiro atoms. The molecular weight excluding hydrogens is 182 g/mol. The average molecular weight is 195 g/mol. The molecule has 1 rings (SSSR count). The van der Waals surface area contributed by atoms with Crippen LogP contribution in [0.25, 0.3) is 0 Å². The quantitative estimate of drug-likeness (QED) is 0.713. The Labute approximate surface area is 82.8 Å². The number of hydrogen-bond acceptors (Lipinski definition) is 3. The van der Waals surface area contributed by atoms with Gasteiger partial charge >= 0.3 is 0 Å². The summed E-state index contributed by atoms with van der Waals surface area (Å²) in [7, 11) is 3.38. The standard InChI is InChI=1S/C7H6O2.C3H7NO/c8-5-6-3-1-2-4-7(6)9;1-4(2)3-5/h1-5,9H;3H,1-2H3. The van der Waals surface area contributed by atoms with Gasteiger partial charge < -0.3 is 10.0 Å². The summed E-state index contributed by atoms with van der Waals surface area (Å²) in [6, 6.07) is 6.40. The van der Waals surface area contributed by atoms with Crippen molar-refractivity contribution >= 4 is 12.7 Å². The summed E-state index contributed by atoms with van der Waals surface area (Å²) in [6.07, 6.45) is 1.37. The van der Waals surface area contributed by atoms with Crippen molar-refractivity contribution in [1.29, 1.82) is 0 Å². The van der Waals surface area contributed by atoms with Gasteiger partial charge in [-0.25, -0.2) is 0 Å². The van der Waals surface area contributed by atoms with Gasteiger partial charge in [-0.1, -0.05) is 12.1 Å². The topological polar surface area (TPSA) is 57.6 Å². The molecular formula is C10H13NO3. The maximum absolute atomic E-state index is 10.1. The zero-order valence-electron chi connectivity index (χ0n) is 8.18. The Morgan fingerprint density at radius 3 is 2.00 bits per heavy atom. The smallest absolute Gasteiger partial charge is 0.209 e. The van der Waals surface area contributed by atoms with Gasteiger partial charge in [-0.15, -0.1) is 0 Å². The van der Waals surface area contributed by atoms with Crippen LogP contribution in [0, 0.1) is 0 Å². The van der Waals surface area contributed by atoms with E-state index in [1.54, 1.807) is 32.3 Å². The van der Waals surface area contributed by atoms with Crippen LogP contribution in [0.2, 0.25) is 0 Å². The lowest BCUT2D eigenvalue weighted by Gasteiger charge is -1.93. The van der Waals surface area contributed by atoms with Crippen LogP contribution in [0.3, 0.4) is 0 Å². The number of aromatic hydroxyl groups is 1. The Kier molecular flexibility index (Phi) is 5.78. The number of rotatable bonds is 2. The van der Waals surface area contributed by atoms with Crippen LogP contribution in [0.15, 0.2) is 24.3 Å². The van der Waals surface area contributed by atoms with Crippen LogP contribution < -0.4 is 0 Å². The highest BCUT2D eigenvalue weighted by molar-refractivity contribution is 5.78. The minimum Gasteiger partial charge on any atom is -0.507 e. The fraction of sp³-hybridized carbons (Fsp3) is 0.200. The molecule has 0 radical (unpaired) electrons. The summed E-state index contributed by atoms with van der Waals surface area (Å²) in [6.45, 7) is 0. The van der Waals surface area contributed by atoms with Crippen LogP contribution in [0.5, 0.6) is 5.75 Å². The number of phenolic OH excluding ortho intramolecular Hbond substituents is 1. The molecule has 0 atom stereocenters. The van der Waals surface area contributed by atoms with Gasteiger partial charge in [0.15, 0.2) is 6.29 Å². The van der Waals surface area contributed by atoms with Crippen molar-refractivity contribution in [1.82, 2.24) is 4.90 Å². The number of amides is 1. The first kappa shape index (κ1) is 12.2. The summed E-state index contributed by atoms with van der Waals surface area (Å²) in [4.78, 5) is 20.9. The molecule has 0 aliphatic heterocycles. The molecule has 4 heteroatoms. The summed E-state index contributed by atoms with van der Waals surface area (Å²) < 4.78 is 0. The highest BCUT2D eigenvalue weighted by Gasteiger charge is 1.93. The second kappa shape index (κ2) is 6.65.